The molecule has 76 valence electrons. The average Bonchev–Trinajstić information content (AvgIpc) is 2.13. The molecule has 0 saturated heterocycles. The Balaban J connectivity index is 3.11. The lowest BCUT2D eigenvalue weighted by molar-refractivity contribution is 0.530. The maximum absolute atomic E-state index is 8.32. The molecule has 0 bridgehead atoms. The minimum Gasteiger partial charge on any atom is -0.314 e. The SMILES string of the molecule is CCSCCC(C)NCCCC#N. The van der Waals surface area contributed by atoms with Crippen molar-refractivity contribution in [2.75, 3.05) is 18.1 Å². The van der Waals surface area contributed by atoms with Gasteiger partial charge in [0.05, 0.1) is 6.07 Å². The van der Waals surface area contributed by atoms with Gasteiger partial charge in [-0.25, -0.2) is 0 Å². The highest BCUT2D eigenvalue weighted by Gasteiger charge is 1.99. The van der Waals surface area contributed by atoms with Gasteiger partial charge in [-0.3, -0.25) is 0 Å². The monoisotopic (exact) mass is 200 g/mol. The van der Waals surface area contributed by atoms with Crippen LogP contribution in [0.25, 0.3) is 0 Å². The zero-order chi connectivity index (χ0) is 9.94. The summed E-state index contributed by atoms with van der Waals surface area (Å²) in [7, 11) is 0. The first kappa shape index (κ1) is 12.8. The van der Waals surface area contributed by atoms with Gasteiger partial charge in [0.1, 0.15) is 0 Å². The van der Waals surface area contributed by atoms with Crippen molar-refractivity contribution in [1.29, 1.82) is 5.26 Å². The van der Waals surface area contributed by atoms with Gasteiger partial charge in [-0.05, 0) is 37.8 Å². The minimum absolute atomic E-state index is 0.595. The smallest absolute Gasteiger partial charge is 0.0622 e. The summed E-state index contributed by atoms with van der Waals surface area (Å²) in [4.78, 5) is 0. The Hall–Kier alpha value is -0.200. The van der Waals surface area contributed by atoms with Crippen LogP contribution in [0.3, 0.4) is 0 Å². The fraction of sp³-hybridized carbons (Fsp3) is 0.900. The summed E-state index contributed by atoms with van der Waals surface area (Å²) in [5, 5.41) is 11.7. The Bertz CT molecular complexity index is 142. The summed E-state index contributed by atoms with van der Waals surface area (Å²) >= 11 is 1.99. The van der Waals surface area contributed by atoms with Crippen molar-refractivity contribution in [1.82, 2.24) is 5.32 Å². The van der Waals surface area contributed by atoms with E-state index in [-0.39, 0.29) is 0 Å². The second-order valence-electron chi connectivity index (χ2n) is 3.10. The summed E-state index contributed by atoms with van der Waals surface area (Å²) < 4.78 is 0. The molecule has 13 heavy (non-hydrogen) atoms. The van der Waals surface area contributed by atoms with E-state index in [4.69, 9.17) is 5.26 Å². The number of thioether (sulfide) groups is 1. The van der Waals surface area contributed by atoms with Crippen LogP contribution in [0, 0.1) is 11.3 Å². The molecule has 1 atom stereocenters. The fourth-order valence-corrected chi connectivity index (χ4v) is 1.83. The van der Waals surface area contributed by atoms with Gasteiger partial charge in [0.2, 0.25) is 0 Å². The molecule has 0 amide bonds. The van der Waals surface area contributed by atoms with E-state index in [1.807, 2.05) is 11.8 Å². The molecule has 0 fully saturated rings. The van der Waals surface area contributed by atoms with E-state index in [0.717, 1.165) is 13.0 Å². The first-order valence-electron chi connectivity index (χ1n) is 4.99. The van der Waals surface area contributed by atoms with Crippen LogP contribution < -0.4 is 5.32 Å². The maximum atomic E-state index is 8.32. The van der Waals surface area contributed by atoms with Crippen molar-refractivity contribution in [2.24, 2.45) is 0 Å². The number of hydrogen-bond donors (Lipinski definition) is 1. The molecule has 0 heterocycles. The van der Waals surface area contributed by atoms with Gasteiger partial charge in [-0.2, -0.15) is 17.0 Å². The molecule has 0 aromatic carbocycles. The third-order valence-corrected chi connectivity index (χ3v) is 2.79. The van der Waals surface area contributed by atoms with E-state index in [1.165, 1.54) is 17.9 Å². The lowest BCUT2D eigenvalue weighted by atomic mass is 10.2. The summed E-state index contributed by atoms with van der Waals surface area (Å²) in [6.45, 7) is 5.38. The number of unbranched alkanes of at least 4 members (excludes halogenated alkanes) is 1. The molecule has 0 aliphatic heterocycles. The van der Waals surface area contributed by atoms with Crippen molar-refractivity contribution >= 4 is 11.8 Å². The lowest BCUT2D eigenvalue weighted by Crippen LogP contribution is -2.27. The van der Waals surface area contributed by atoms with Crippen molar-refractivity contribution in [3.63, 3.8) is 0 Å². The first-order chi connectivity index (χ1) is 6.31. The van der Waals surface area contributed by atoms with E-state index in [9.17, 15) is 0 Å². The van der Waals surface area contributed by atoms with Gasteiger partial charge >= 0.3 is 0 Å². The molecule has 0 saturated carbocycles. The molecule has 0 spiro atoms. The molecule has 0 rings (SSSR count). The van der Waals surface area contributed by atoms with Crippen molar-refractivity contribution < 1.29 is 0 Å². The van der Waals surface area contributed by atoms with E-state index < -0.39 is 0 Å². The average molecular weight is 200 g/mol. The Morgan fingerprint density at radius 3 is 2.92 bits per heavy atom. The van der Waals surface area contributed by atoms with Gasteiger partial charge < -0.3 is 5.32 Å². The highest BCUT2D eigenvalue weighted by atomic mass is 32.2. The van der Waals surface area contributed by atoms with Crippen molar-refractivity contribution in [3.8, 4) is 6.07 Å². The number of nitriles is 1. The molecular formula is C10H20N2S. The predicted molar refractivity (Wildman–Crippen MR) is 59.9 cm³/mol. The Morgan fingerprint density at radius 1 is 1.54 bits per heavy atom. The van der Waals surface area contributed by atoms with Crippen LogP contribution in [0.4, 0.5) is 0 Å². The minimum atomic E-state index is 0.595. The normalized spacial score (nSPS) is 12.4. The third-order valence-electron chi connectivity index (χ3n) is 1.86. The van der Waals surface area contributed by atoms with E-state index >= 15 is 0 Å². The van der Waals surface area contributed by atoms with Gasteiger partial charge in [0.15, 0.2) is 0 Å². The van der Waals surface area contributed by atoms with Crippen molar-refractivity contribution in [3.05, 3.63) is 0 Å². The third kappa shape index (κ3) is 9.72. The highest BCUT2D eigenvalue weighted by molar-refractivity contribution is 7.99. The van der Waals surface area contributed by atoms with E-state index in [1.54, 1.807) is 0 Å². The van der Waals surface area contributed by atoms with Crippen LogP contribution >= 0.6 is 11.8 Å². The van der Waals surface area contributed by atoms with E-state index in [0.29, 0.717) is 12.5 Å². The second kappa shape index (κ2) is 9.88. The topological polar surface area (TPSA) is 35.8 Å². The van der Waals surface area contributed by atoms with Crippen LogP contribution in [0.15, 0.2) is 0 Å². The molecule has 0 aliphatic carbocycles. The van der Waals surface area contributed by atoms with Crippen LogP contribution in [0.5, 0.6) is 0 Å². The molecule has 3 heteroatoms. The highest BCUT2D eigenvalue weighted by Crippen LogP contribution is 2.03. The standard InChI is InChI=1S/C10H20N2S/c1-3-13-9-6-10(2)12-8-5-4-7-11/h10,12H,3-6,8-9H2,1-2H3. The van der Waals surface area contributed by atoms with Crippen molar-refractivity contribution in [2.45, 2.75) is 39.2 Å². The molecular weight excluding hydrogens is 180 g/mol. The summed E-state index contributed by atoms with van der Waals surface area (Å²) in [5.74, 6) is 2.45. The number of rotatable bonds is 8. The zero-order valence-corrected chi connectivity index (χ0v) is 9.49. The van der Waals surface area contributed by atoms with E-state index in [2.05, 4.69) is 25.2 Å². The van der Waals surface area contributed by atoms with Crippen LogP contribution in [0.2, 0.25) is 0 Å². The fourth-order valence-electron chi connectivity index (χ4n) is 1.02. The van der Waals surface area contributed by atoms with Crippen LogP contribution in [0.1, 0.15) is 33.1 Å². The quantitative estimate of drug-likeness (QED) is 0.611. The molecule has 0 aromatic rings. The van der Waals surface area contributed by atoms with Crippen LogP contribution in [-0.4, -0.2) is 24.1 Å². The molecule has 0 aromatic heterocycles. The molecule has 0 aliphatic rings. The number of nitrogens with one attached hydrogen (secondary N) is 1. The van der Waals surface area contributed by atoms with Gasteiger partial charge in [-0.1, -0.05) is 6.92 Å². The molecule has 0 radical (unpaired) electrons. The maximum Gasteiger partial charge on any atom is 0.0622 e. The van der Waals surface area contributed by atoms with Gasteiger partial charge in [-0.15, -0.1) is 0 Å². The Labute approximate surface area is 86.1 Å². The van der Waals surface area contributed by atoms with Gasteiger partial charge in [0, 0.05) is 12.5 Å². The predicted octanol–water partition coefficient (Wildman–Crippen LogP) is 2.41. The molecule has 1 unspecified atom stereocenters. The Kier molecular flexibility index (Phi) is 9.73. The largest absolute Gasteiger partial charge is 0.314 e. The molecule has 1 N–H and O–H groups in total. The first-order valence-corrected chi connectivity index (χ1v) is 6.14. The summed E-state index contributed by atoms with van der Waals surface area (Å²) in [6.07, 6.45) is 2.87. The number of hydrogen-bond acceptors (Lipinski definition) is 3. The summed E-state index contributed by atoms with van der Waals surface area (Å²) in [6, 6.07) is 2.74. The summed E-state index contributed by atoms with van der Waals surface area (Å²) in [5.41, 5.74) is 0. The van der Waals surface area contributed by atoms with Gasteiger partial charge in [0.25, 0.3) is 0 Å². The zero-order valence-electron chi connectivity index (χ0n) is 8.68. The Morgan fingerprint density at radius 2 is 2.31 bits per heavy atom. The van der Waals surface area contributed by atoms with Crippen LogP contribution in [-0.2, 0) is 0 Å². The number of nitrogens with zero attached hydrogens (tertiary/aromatic N) is 1. The lowest BCUT2D eigenvalue weighted by Gasteiger charge is -2.12. The second-order valence-corrected chi connectivity index (χ2v) is 4.50. The molecule has 2 nitrogen and oxygen atoms in total.